The van der Waals surface area contributed by atoms with Crippen molar-refractivity contribution in [1.82, 2.24) is 9.97 Å². The maximum Gasteiger partial charge on any atom is 0.135 e. The number of benzene rings is 1. The Labute approximate surface area is 116 Å². The molecule has 0 aliphatic rings. The first-order valence-electron chi connectivity index (χ1n) is 5.65. The van der Waals surface area contributed by atoms with Crippen LogP contribution in [0, 0.1) is 6.92 Å². The van der Waals surface area contributed by atoms with Crippen LogP contribution in [0.4, 0.5) is 11.5 Å². The van der Waals surface area contributed by atoms with Gasteiger partial charge in [-0.2, -0.15) is 0 Å². The lowest BCUT2D eigenvalue weighted by atomic mass is 10.2. The quantitative estimate of drug-likeness (QED) is 0.848. The Hall–Kier alpha value is -1.32. The second-order valence-corrected chi connectivity index (χ2v) is 4.68. The summed E-state index contributed by atoms with van der Waals surface area (Å²) in [5.74, 6) is 1.39. The molecule has 0 aliphatic carbocycles. The molecule has 2 rings (SSSR count). The third-order valence-electron chi connectivity index (χ3n) is 2.59. The molecule has 0 saturated heterocycles. The predicted octanol–water partition coefficient (Wildman–Crippen LogP) is 4.40. The van der Waals surface area contributed by atoms with Crippen LogP contribution in [0.3, 0.4) is 0 Å². The Morgan fingerprint density at radius 1 is 1.22 bits per heavy atom. The lowest BCUT2D eigenvalue weighted by molar-refractivity contribution is 0.943. The fraction of sp³-hybridized carbons (Fsp3) is 0.231. The number of aromatic nitrogens is 2. The summed E-state index contributed by atoms with van der Waals surface area (Å²) in [6.45, 7) is 3.94. The van der Waals surface area contributed by atoms with E-state index in [9.17, 15) is 0 Å². The van der Waals surface area contributed by atoms with E-state index in [1.54, 1.807) is 6.07 Å². The fourth-order valence-electron chi connectivity index (χ4n) is 1.57. The van der Waals surface area contributed by atoms with Gasteiger partial charge in [-0.1, -0.05) is 36.2 Å². The maximum atomic E-state index is 6.07. The van der Waals surface area contributed by atoms with Gasteiger partial charge in [-0.25, -0.2) is 9.97 Å². The summed E-state index contributed by atoms with van der Waals surface area (Å²) in [6, 6.07) is 7.39. The summed E-state index contributed by atoms with van der Waals surface area (Å²) < 4.78 is 0. The molecule has 0 bridgehead atoms. The van der Waals surface area contributed by atoms with Crippen molar-refractivity contribution in [3.05, 3.63) is 45.8 Å². The first kappa shape index (κ1) is 13.1. The monoisotopic (exact) mass is 281 g/mol. The summed E-state index contributed by atoms with van der Waals surface area (Å²) in [5.41, 5.74) is 1.89. The summed E-state index contributed by atoms with van der Waals surface area (Å²) in [6.07, 6.45) is 0.740. The summed E-state index contributed by atoms with van der Waals surface area (Å²) >= 11 is 12.0. The molecule has 0 spiro atoms. The number of anilines is 2. The molecule has 0 unspecified atom stereocenters. The van der Waals surface area contributed by atoms with E-state index in [2.05, 4.69) is 15.3 Å². The Kier molecular flexibility index (Phi) is 4.04. The highest BCUT2D eigenvalue weighted by Crippen LogP contribution is 2.26. The van der Waals surface area contributed by atoms with Crippen molar-refractivity contribution in [2.24, 2.45) is 0 Å². The highest BCUT2D eigenvalue weighted by atomic mass is 35.5. The number of nitrogens with one attached hydrogen (secondary N) is 1. The van der Waals surface area contributed by atoms with Crippen molar-refractivity contribution in [1.29, 1.82) is 0 Å². The number of aryl methyl sites for hydroxylation is 1. The van der Waals surface area contributed by atoms with Gasteiger partial charge in [-0.05, 0) is 24.6 Å². The van der Waals surface area contributed by atoms with Gasteiger partial charge in [0.25, 0.3) is 0 Å². The molecule has 1 N–H and O–H groups in total. The molecular weight excluding hydrogens is 269 g/mol. The molecule has 3 nitrogen and oxygen atoms in total. The van der Waals surface area contributed by atoms with Gasteiger partial charge in [0, 0.05) is 23.2 Å². The molecular formula is C13H13Cl2N3. The van der Waals surface area contributed by atoms with E-state index in [0.717, 1.165) is 22.7 Å². The van der Waals surface area contributed by atoms with E-state index in [0.29, 0.717) is 16.8 Å². The van der Waals surface area contributed by atoms with E-state index in [1.165, 1.54) is 0 Å². The van der Waals surface area contributed by atoms with E-state index in [1.807, 2.05) is 32.0 Å². The van der Waals surface area contributed by atoms with Crippen LogP contribution in [-0.2, 0) is 6.42 Å². The zero-order valence-corrected chi connectivity index (χ0v) is 11.7. The van der Waals surface area contributed by atoms with Crippen LogP contribution in [0.2, 0.25) is 10.2 Å². The molecule has 1 aromatic heterocycles. The lowest BCUT2D eigenvalue weighted by Crippen LogP contribution is -2.00. The van der Waals surface area contributed by atoms with E-state index >= 15 is 0 Å². The van der Waals surface area contributed by atoms with Gasteiger partial charge in [0.1, 0.15) is 16.8 Å². The van der Waals surface area contributed by atoms with Gasteiger partial charge in [0.15, 0.2) is 0 Å². The summed E-state index contributed by atoms with van der Waals surface area (Å²) in [7, 11) is 0. The second-order valence-electron chi connectivity index (χ2n) is 3.88. The molecule has 0 atom stereocenters. The topological polar surface area (TPSA) is 37.8 Å². The number of halogens is 2. The molecule has 0 fully saturated rings. The van der Waals surface area contributed by atoms with Gasteiger partial charge >= 0.3 is 0 Å². The van der Waals surface area contributed by atoms with Crippen LogP contribution in [0.5, 0.6) is 0 Å². The average molecular weight is 282 g/mol. The SMILES string of the molecule is CCc1nc(Cl)cc(Nc2cccc(Cl)c2C)n1. The Morgan fingerprint density at radius 2 is 2.00 bits per heavy atom. The predicted molar refractivity (Wildman–Crippen MR) is 75.9 cm³/mol. The molecule has 1 heterocycles. The molecule has 0 radical (unpaired) electrons. The van der Waals surface area contributed by atoms with Crippen molar-refractivity contribution in [2.75, 3.05) is 5.32 Å². The third kappa shape index (κ3) is 2.92. The minimum absolute atomic E-state index is 0.434. The second kappa shape index (κ2) is 5.55. The Balaban J connectivity index is 2.34. The van der Waals surface area contributed by atoms with E-state index < -0.39 is 0 Å². The van der Waals surface area contributed by atoms with Crippen molar-refractivity contribution in [3.63, 3.8) is 0 Å². The normalized spacial score (nSPS) is 10.4. The van der Waals surface area contributed by atoms with Gasteiger partial charge in [-0.15, -0.1) is 0 Å². The van der Waals surface area contributed by atoms with Crippen LogP contribution in [0.15, 0.2) is 24.3 Å². The molecule has 0 amide bonds. The molecule has 94 valence electrons. The highest BCUT2D eigenvalue weighted by molar-refractivity contribution is 6.31. The van der Waals surface area contributed by atoms with Gasteiger partial charge < -0.3 is 5.32 Å². The Morgan fingerprint density at radius 3 is 2.72 bits per heavy atom. The summed E-state index contributed by atoms with van der Waals surface area (Å²) in [5, 5.41) is 4.36. The fourth-order valence-corrected chi connectivity index (χ4v) is 1.94. The Bertz CT molecular complexity index is 570. The third-order valence-corrected chi connectivity index (χ3v) is 3.19. The molecule has 1 aromatic carbocycles. The first-order chi connectivity index (χ1) is 8.60. The number of nitrogens with zero attached hydrogens (tertiary/aromatic N) is 2. The standard InChI is InChI=1S/C13H13Cl2N3/c1-3-12-17-11(15)7-13(18-12)16-10-6-4-5-9(14)8(10)2/h4-7H,3H2,1-2H3,(H,16,17,18). The number of hydrogen-bond donors (Lipinski definition) is 1. The van der Waals surface area contributed by atoms with Crippen molar-refractivity contribution in [3.8, 4) is 0 Å². The molecule has 0 aliphatic heterocycles. The summed E-state index contributed by atoms with van der Waals surface area (Å²) in [4.78, 5) is 8.49. The lowest BCUT2D eigenvalue weighted by Gasteiger charge is -2.10. The van der Waals surface area contributed by atoms with Gasteiger partial charge in [0.2, 0.25) is 0 Å². The molecule has 0 saturated carbocycles. The number of rotatable bonds is 3. The van der Waals surface area contributed by atoms with Gasteiger partial charge in [-0.3, -0.25) is 0 Å². The molecule has 2 aromatic rings. The van der Waals surface area contributed by atoms with Gasteiger partial charge in [0.05, 0.1) is 0 Å². The zero-order chi connectivity index (χ0) is 13.1. The minimum Gasteiger partial charge on any atom is -0.340 e. The highest BCUT2D eigenvalue weighted by Gasteiger charge is 2.05. The molecule has 18 heavy (non-hydrogen) atoms. The van der Waals surface area contributed by atoms with Crippen LogP contribution >= 0.6 is 23.2 Å². The van der Waals surface area contributed by atoms with Crippen LogP contribution in [0.25, 0.3) is 0 Å². The van der Waals surface area contributed by atoms with Crippen molar-refractivity contribution < 1.29 is 0 Å². The minimum atomic E-state index is 0.434. The zero-order valence-electron chi connectivity index (χ0n) is 10.2. The molecule has 5 heteroatoms. The van der Waals surface area contributed by atoms with Crippen molar-refractivity contribution >= 4 is 34.7 Å². The smallest absolute Gasteiger partial charge is 0.135 e. The number of hydrogen-bond acceptors (Lipinski definition) is 3. The van der Waals surface area contributed by atoms with Crippen LogP contribution in [-0.4, -0.2) is 9.97 Å². The van der Waals surface area contributed by atoms with Crippen molar-refractivity contribution in [2.45, 2.75) is 20.3 Å². The largest absolute Gasteiger partial charge is 0.340 e. The maximum absolute atomic E-state index is 6.07. The first-order valence-corrected chi connectivity index (χ1v) is 6.41. The van der Waals surface area contributed by atoms with Crippen LogP contribution in [0.1, 0.15) is 18.3 Å². The van der Waals surface area contributed by atoms with E-state index in [-0.39, 0.29) is 0 Å². The van der Waals surface area contributed by atoms with E-state index in [4.69, 9.17) is 23.2 Å². The van der Waals surface area contributed by atoms with Crippen LogP contribution < -0.4 is 5.32 Å². The average Bonchev–Trinajstić information content (AvgIpc) is 2.34.